The molecule has 134 valence electrons. The van der Waals surface area contributed by atoms with Gasteiger partial charge in [-0.1, -0.05) is 11.6 Å². The second-order valence-corrected chi connectivity index (χ2v) is 6.52. The van der Waals surface area contributed by atoms with Crippen molar-refractivity contribution in [2.75, 3.05) is 27.1 Å². The summed E-state index contributed by atoms with van der Waals surface area (Å²) in [5.41, 5.74) is 0.810. The van der Waals surface area contributed by atoms with Gasteiger partial charge in [-0.25, -0.2) is 0 Å². The highest BCUT2D eigenvalue weighted by Crippen LogP contribution is 2.34. The molecular weight excluding hydrogens is 362 g/mol. The van der Waals surface area contributed by atoms with Crippen LogP contribution in [0.5, 0.6) is 17.2 Å². The molecule has 0 saturated carbocycles. The SMILES string of the molecule is COc1cc(OC)c(OC)cc1CNC(=O)CSc1ccc(Cl)cc1. The molecule has 5 nitrogen and oxygen atoms in total. The fourth-order valence-corrected chi connectivity index (χ4v) is 3.01. The molecule has 0 aliphatic heterocycles. The van der Waals surface area contributed by atoms with Crippen LogP contribution < -0.4 is 19.5 Å². The van der Waals surface area contributed by atoms with E-state index in [9.17, 15) is 4.79 Å². The van der Waals surface area contributed by atoms with E-state index in [0.29, 0.717) is 34.6 Å². The smallest absolute Gasteiger partial charge is 0.230 e. The number of nitrogens with one attached hydrogen (secondary N) is 1. The van der Waals surface area contributed by atoms with Gasteiger partial charge < -0.3 is 19.5 Å². The Bertz CT molecular complexity index is 722. The number of hydrogen-bond acceptors (Lipinski definition) is 5. The van der Waals surface area contributed by atoms with Crippen LogP contribution in [0, 0.1) is 0 Å². The number of methoxy groups -OCH3 is 3. The molecule has 0 aliphatic carbocycles. The summed E-state index contributed by atoms with van der Waals surface area (Å²) < 4.78 is 15.9. The molecule has 2 aromatic rings. The number of ether oxygens (including phenoxy) is 3. The van der Waals surface area contributed by atoms with Gasteiger partial charge in [0.05, 0.1) is 27.1 Å². The lowest BCUT2D eigenvalue weighted by Crippen LogP contribution is -2.24. The highest BCUT2D eigenvalue weighted by atomic mass is 35.5. The van der Waals surface area contributed by atoms with Crippen molar-refractivity contribution in [3.63, 3.8) is 0 Å². The lowest BCUT2D eigenvalue weighted by Gasteiger charge is -2.14. The van der Waals surface area contributed by atoms with Crippen molar-refractivity contribution in [1.29, 1.82) is 0 Å². The molecule has 0 fully saturated rings. The number of thioether (sulfide) groups is 1. The van der Waals surface area contributed by atoms with E-state index >= 15 is 0 Å². The molecule has 1 N–H and O–H groups in total. The molecule has 0 aliphatic rings. The molecule has 0 spiro atoms. The summed E-state index contributed by atoms with van der Waals surface area (Å²) in [5.74, 6) is 2.04. The maximum atomic E-state index is 12.1. The van der Waals surface area contributed by atoms with Crippen molar-refractivity contribution in [1.82, 2.24) is 5.32 Å². The number of carbonyl (C=O) groups is 1. The first-order chi connectivity index (χ1) is 12.1. The van der Waals surface area contributed by atoms with Crippen molar-refractivity contribution >= 4 is 29.3 Å². The third kappa shape index (κ3) is 5.47. The Morgan fingerprint density at radius 3 is 2.20 bits per heavy atom. The van der Waals surface area contributed by atoms with Crippen LogP contribution in [0.15, 0.2) is 41.3 Å². The molecule has 25 heavy (non-hydrogen) atoms. The Morgan fingerprint density at radius 2 is 1.60 bits per heavy atom. The van der Waals surface area contributed by atoms with Crippen molar-refractivity contribution in [3.05, 3.63) is 47.0 Å². The Morgan fingerprint density at radius 1 is 1.00 bits per heavy atom. The molecule has 1 amide bonds. The molecule has 7 heteroatoms. The Balaban J connectivity index is 1.95. The lowest BCUT2D eigenvalue weighted by molar-refractivity contribution is -0.118. The number of hydrogen-bond donors (Lipinski definition) is 1. The van der Waals surface area contributed by atoms with Crippen molar-refractivity contribution in [2.24, 2.45) is 0 Å². The summed E-state index contributed by atoms with van der Waals surface area (Å²) in [6.07, 6.45) is 0. The van der Waals surface area contributed by atoms with Gasteiger partial charge in [-0.15, -0.1) is 11.8 Å². The molecular formula is C18H20ClNO4S. The quantitative estimate of drug-likeness (QED) is 0.705. The number of carbonyl (C=O) groups excluding carboxylic acids is 1. The Kier molecular flexibility index (Phi) is 7.28. The third-order valence-electron chi connectivity index (χ3n) is 3.45. The maximum absolute atomic E-state index is 12.1. The molecule has 0 atom stereocenters. The van der Waals surface area contributed by atoms with Crippen LogP contribution in [0.1, 0.15) is 5.56 Å². The standard InChI is InChI=1S/C18H20ClNO4S/c1-22-15-9-17(24-3)16(23-2)8-12(15)10-20-18(21)11-25-14-6-4-13(19)5-7-14/h4-9H,10-11H2,1-3H3,(H,20,21). The number of benzene rings is 2. The van der Waals surface area contributed by atoms with Gasteiger partial charge in [0, 0.05) is 28.1 Å². The average Bonchev–Trinajstić information content (AvgIpc) is 2.65. The molecule has 2 rings (SSSR count). The number of halogens is 1. The molecule has 0 heterocycles. The van der Waals surface area contributed by atoms with E-state index in [1.165, 1.54) is 11.8 Å². The topological polar surface area (TPSA) is 56.8 Å². The maximum Gasteiger partial charge on any atom is 0.230 e. The van der Waals surface area contributed by atoms with Gasteiger partial charge in [-0.2, -0.15) is 0 Å². The van der Waals surface area contributed by atoms with Gasteiger partial charge in [0.25, 0.3) is 0 Å². The first-order valence-corrected chi connectivity index (χ1v) is 8.87. The van der Waals surface area contributed by atoms with Crippen molar-refractivity contribution < 1.29 is 19.0 Å². The van der Waals surface area contributed by atoms with E-state index in [0.717, 1.165) is 10.5 Å². The summed E-state index contributed by atoms with van der Waals surface area (Å²) in [7, 11) is 4.70. The van der Waals surface area contributed by atoms with Crippen LogP contribution in [0.3, 0.4) is 0 Å². The van der Waals surface area contributed by atoms with Crippen LogP contribution >= 0.6 is 23.4 Å². The van der Waals surface area contributed by atoms with E-state index in [4.69, 9.17) is 25.8 Å². The highest BCUT2D eigenvalue weighted by molar-refractivity contribution is 8.00. The first-order valence-electron chi connectivity index (χ1n) is 7.51. The van der Waals surface area contributed by atoms with Crippen LogP contribution in [0.4, 0.5) is 0 Å². The zero-order valence-corrected chi connectivity index (χ0v) is 15.9. The second-order valence-electron chi connectivity index (χ2n) is 5.04. The van der Waals surface area contributed by atoms with Gasteiger partial charge in [0.2, 0.25) is 5.91 Å². The summed E-state index contributed by atoms with van der Waals surface area (Å²) in [6, 6.07) is 10.9. The second kappa shape index (κ2) is 9.44. The van der Waals surface area contributed by atoms with Gasteiger partial charge >= 0.3 is 0 Å². The van der Waals surface area contributed by atoms with Crippen LogP contribution in [0.25, 0.3) is 0 Å². The molecule has 0 saturated heterocycles. The van der Waals surface area contributed by atoms with E-state index in [-0.39, 0.29) is 5.91 Å². The van der Waals surface area contributed by atoms with Gasteiger partial charge in [0.1, 0.15) is 5.75 Å². The van der Waals surface area contributed by atoms with Gasteiger partial charge in [0.15, 0.2) is 11.5 Å². The van der Waals surface area contributed by atoms with E-state index in [1.54, 1.807) is 45.6 Å². The fraction of sp³-hybridized carbons (Fsp3) is 0.278. The van der Waals surface area contributed by atoms with Gasteiger partial charge in [-0.05, 0) is 30.3 Å². The van der Waals surface area contributed by atoms with Crippen LogP contribution in [-0.2, 0) is 11.3 Å². The van der Waals surface area contributed by atoms with Crippen molar-refractivity contribution in [3.8, 4) is 17.2 Å². The zero-order chi connectivity index (χ0) is 18.2. The highest BCUT2D eigenvalue weighted by Gasteiger charge is 2.12. The first kappa shape index (κ1) is 19.3. The predicted molar refractivity (Wildman–Crippen MR) is 100 cm³/mol. The molecule has 0 radical (unpaired) electrons. The van der Waals surface area contributed by atoms with E-state index < -0.39 is 0 Å². The zero-order valence-electron chi connectivity index (χ0n) is 14.3. The van der Waals surface area contributed by atoms with Crippen molar-refractivity contribution in [2.45, 2.75) is 11.4 Å². The number of amides is 1. The van der Waals surface area contributed by atoms with E-state index in [1.807, 2.05) is 12.1 Å². The monoisotopic (exact) mass is 381 g/mol. The third-order valence-corrected chi connectivity index (χ3v) is 4.71. The summed E-state index contributed by atoms with van der Waals surface area (Å²) in [5, 5.41) is 3.56. The molecule has 0 bridgehead atoms. The summed E-state index contributed by atoms with van der Waals surface area (Å²) >= 11 is 7.30. The minimum atomic E-state index is -0.0724. The van der Waals surface area contributed by atoms with Crippen LogP contribution in [0.2, 0.25) is 5.02 Å². The average molecular weight is 382 g/mol. The molecule has 2 aromatic carbocycles. The predicted octanol–water partition coefficient (Wildman–Crippen LogP) is 3.77. The molecule has 0 aromatic heterocycles. The number of rotatable bonds is 8. The summed E-state index contributed by atoms with van der Waals surface area (Å²) in [4.78, 5) is 13.1. The summed E-state index contributed by atoms with van der Waals surface area (Å²) in [6.45, 7) is 0.337. The Labute approximate surface area is 156 Å². The van der Waals surface area contributed by atoms with Gasteiger partial charge in [-0.3, -0.25) is 4.79 Å². The normalized spacial score (nSPS) is 10.2. The van der Waals surface area contributed by atoms with Crippen LogP contribution in [-0.4, -0.2) is 33.0 Å². The molecule has 0 unspecified atom stereocenters. The minimum absolute atomic E-state index is 0.0724. The Hall–Kier alpha value is -2.05. The fourth-order valence-electron chi connectivity index (χ4n) is 2.16. The lowest BCUT2D eigenvalue weighted by atomic mass is 10.1. The largest absolute Gasteiger partial charge is 0.496 e. The van der Waals surface area contributed by atoms with E-state index in [2.05, 4.69) is 5.32 Å². The minimum Gasteiger partial charge on any atom is -0.496 e.